The molecule has 0 radical (unpaired) electrons. The molecule has 0 saturated carbocycles. The fourth-order valence-electron chi connectivity index (χ4n) is 2.32. The van der Waals surface area contributed by atoms with Crippen LogP contribution in [-0.2, 0) is 4.79 Å². The number of hydrogen-bond donors (Lipinski definition) is 1. The van der Waals surface area contributed by atoms with Gasteiger partial charge in [0, 0.05) is 24.1 Å². The molecule has 0 bridgehead atoms. The minimum atomic E-state index is -0.187. The molecule has 1 aliphatic rings. The van der Waals surface area contributed by atoms with E-state index in [1.807, 2.05) is 6.07 Å². The fraction of sp³-hybridized carbons (Fsp3) is 0.176. The van der Waals surface area contributed by atoms with E-state index in [0.717, 1.165) is 17.3 Å². The van der Waals surface area contributed by atoms with E-state index in [1.54, 1.807) is 36.7 Å². The van der Waals surface area contributed by atoms with Crippen molar-refractivity contribution in [3.05, 3.63) is 42.7 Å². The second-order valence-corrected chi connectivity index (χ2v) is 6.24. The van der Waals surface area contributed by atoms with Gasteiger partial charge in [-0.3, -0.25) is 9.78 Å². The molecule has 0 spiro atoms. The highest BCUT2D eigenvalue weighted by molar-refractivity contribution is 7.99. The van der Waals surface area contributed by atoms with Crippen LogP contribution in [0.4, 0.5) is 5.69 Å². The first-order chi connectivity index (χ1) is 12.8. The predicted molar refractivity (Wildman–Crippen MR) is 94.3 cm³/mol. The molecule has 9 heteroatoms. The number of nitrogens with zero attached hydrogens (tertiary/aromatic N) is 3. The molecule has 1 aromatic carbocycles. The Kier molecular flexibility index (Phi) is 4.69. The first kappa shape index (κ1) is 16.4. The Labute approximate surface area is 152 Å². The Bertz CT molecular complexity index is 916. The highest BCUT2D eigenvalue weighted by Gasteiger charge is 2.14. The number of ether oxygens (including phenoxy) is 2. The van der Waals surface area contributed by atoms with Gasteiger partial charge in [0.25, 0.3) is 5.22 Å². The molecule has 1 N–H and O–H groups in total. The maximum atomic E-state index is 12.1. The molecule has 4 rings (SSSR count). The third kappa shape index (κ3) is 3.77. The second kappa shape index (κ2) is 7.44. The van der Waals surface area contributed by atoms with E-state index in [1.165, 1.54) is 0 Å². The summed E-state index contributed by atoms with van der Waals surface area (Å²) in [6.45, 7) is 1.03. The van der Waals surface area contributed by atoms with Gasteiger partial charge in [-0.1, -0.05) is 11.8 Å². The third-order valence-electron chi connectivity index (χ3n) is 3.47. The van der Waals surface area contributed by atoms with Gasteiger partial charge in [-0.25, -0.2) is 0 Å². The van der Waals surface area contributed by atoms with E-state index in [2.05, 4.69) is 20.5 Å². The summed E-state index contributed by atoms with van der Waals surface area (Å²) in [5.74, 6) is 1.63. The Morgan fingerprint density at radius 3 is 2.88 bits per heavy atom. The van der Waals surface area contributed by atoms with Crippen molar-refractivity contribution in [1.82, 2.24) is 15.2 Å². The first-order valence-electron chi connectivity index (χ1n) is 7.84. The highest BCUT2D eigenvalue weighted by atomic mass is 32.2. The lowest BCUT2D eigenvalue weighted by Crippen LogP contribution is -2.17. The van der Waals surface area contributed by atoms with Crippen molar-refractivity contribution in [3.63, 3.8) is 0 Å². The largest absolute Gasteiger partial charge is 0.486 e. The molecule has 2 aromatic heterocycles. The Morgan fingerprint density at radius 1 is 1.15 bits per heavy atom. The van der Waals surface area contributed by atoms with Crippen LogP contribution in [0.2, 0.25) is 0 Å². The van der Waals surface area contributed by atoms with Crippen LogP contribution in [0.15, 0.2) is 52.4 Å². The van der Waals surface area contributed by atoms with E-state index < -0.39 is 0 Å². The normalized spacial score (nSPS) is 12.6. The molecule has 0 aliphatic carbocycles. The van der Waals surface area contributed by atoms with Crippen molar-refractivity contribution in [2.45, 2.75) is 5.22 Å². The number of anilines is 1. The number of pyridine rings is 1. The van der Waals surface area contributed by atoms with Gasteiger partial charge in [-0.15, -0.1) is 10.2 Å². The van der Waals surface area contributed by atoms with Crippen molar-refractivity contribution >= 4 is 23.4 Å². The van der Waals surface area contributed by atoms with Crippen molar-refractivity contribution < 1.29 is 18.7 Å². The van der Waals surface area contributed by atoms with Crippen LogP contribution in [0.1, 0.15) is 0 Å². The third-order valence-corrected chi connectivity index (χ3v) is 4.29. The molecule has 0 saturated heterocycles. The van der Waals surface area contributed by atoms with E-state index in [4.69, 9.17) is 13.9 Å². The van der Waals surface area contributed by atoms with E-state index in [9.17, 15) is 4.79 Å². The second-order valence-electron chi connectivity index (χ2n) is 5.31. The Morgan fingerprint density at radius 2 is 2.04 bits per heavy atom. The Hall–Kier alpha value is -3.07. The number of amides is 1. The van der Waals surface area contributed by atoms with Crippen LogP contribution in [0.3, 0.4) is 0 Å². The number of benzene rings is 1. The van der Waals surface area contributed by atoms with Gasteiger partial charge in [0.05, 0.1) is 11.3 Å². The average molecular weight is 370 g/mol. The van der Waals surface area contributed by atoms with Crippen molar-refractivity contribution in [3.8, 4) is 23.0 Å². The van der Waals surface area contributed by atoms with Gasteiger partial charge >= 0.3 is 0 Å². The van der Waals surface area contributed by atoms with Crippen LogP contribution >= 0.6 is 11.8 Å². The van der Waals surface area contributed by atoms with Gasteiger partial charge in [0.1, 0.15) is 13.2 Å². The minimum absolute atomic E-state index is 0.142. The number of thioether (sulfide) groups is 1. The first-order valence-corrected chi connectivity index (χ1v) is 8.83. The molecular formula is C17H14N4O4S. The molecule has 26 heavy (non-hydrogen) atoms. The molecule has 1 aliphatic heterocycles. The number of carbonyl (C=O) groups is 1. The number of aromatic nitrogens is 3. The van der Waals surface area contributed by atoms with Crippen LogP contribution in [-0.4, -0.2) is 40.1 Å². The number of rotatable bonds is 5. The summed E-state index contributed by atoms with van der Waals surface area (Å²) < 4.78 is 16.5. The standard InChI is InChI=1S/C17H14N4O4S/c22-15(19-12-3-4-13-14(8-12)24-7-6-23-13)10-26-17-21-20-16(25-17)11-2-1-5-18-9-11/h1-5,8-9H,6-7,10H2,(H,19,22). The van der Waals surface area contributed by atoms with Gasteiger partial charge in [-0.05, 0) is 24.3 Å². The molecule has 0 fully saturated rings. The van der Waals surface area contributed by atoms with Crippen molar-refractivity contribution in [2.75, 3.05) is 24.3 Å². The molecule has 1 amide bonds. The lowest BCUT2D eigenvalue weighted by atomic mass is 10.2. The molecule has 3 heterocycles. The number of fused-ring (bicyclic) bond motifs is 1. The quantitative estimate of drug-likeness (QED) is 0.684. The lowest BCUT2D eigenvalue weighted by Gasteiger charge is -2.18. The average Bonchev–Trinajstić information content (AvgIpc) is 3.16. The zero-order valence-electron chi connectivity index (χ0n) is 13.5. The van der Waals surface area contributed by atoms with E-state index in [0.29, 0.717) is 41.5 Å². The molecule has 0 atom stereocenters. The summed E-state index contributed by atoms with van der Waals surface area (Å²) in [6, 6.07) is 8.89. The summed E-state index contributed by atoms with van der Waals surface area (Å²) >= 11 is 1.16. The summed E-state index contributed by atoms with van der Waals surface area (Å²) in [6.07, 6.45) is 3.30. The van der Waals surface area contributed by atoms with Crippen molar-refractivity contribution in [1.29, 1.82) is 0 Å². The zero-order valence-corrected chi connectivity index (χ0v) is 14.4. The number of hydrogen-bond acceptors (Lipinski definition) is 8. The van der Waals surface area contributed by atoms with Crippen LogP contribution in [0, 0.1) is 0 Å². The van der Waals surface area contributed by atoms with Crippen molar-refractivity contribution in [2.24, 2.45) is 0 Å². The number of nitrogens with one attached hydrogen (secondary N) is 1. The summed E-state index contributed by atoms with van der Waals surface area (Å²) in [7, 11) is 0. The van der Waals surface area contributed by atoms with Gasteiger partial charge in [0.2, 0.25) is 11.8 Å². The van der Waals surface area contributed by atoms with Gasteiger partial charge < -0.3 is 19.2 Å². The summed E-state index contributed by atoms with van der Waals surface area (Å²) in [5, 5.41) is 11.0. The maximum Gasteiger partial charge on any atom is 0.277 e. The molecule has 8 nitrogen and oxygen atoms in total. The smallest absolute Gasteiger partial charge is 0.277 e. The summed E-state index contributed by atoms with van der Waals surface area (Å²) in [5.41, 5.74) is 1.37. The highest BCUT2D eigenvalue weighted by Crippen LogP contribution is 2.32. The predicted octanol–water partition coefficient (Wildman–Crippen LogP) is 2.63. The monoisotopic (exact) mass is 370 g/mol. The maximum absolute atomic E-state index is 12.1. The van der Waals surface area contributed by atoms with Gasteiger partial charge in [0.15, 0.2) is 11.5 Å². The number of carbonyl (C=O) groups excluding carboxylic acids is 1. The molecule has 132 valence electrons. The zero-order chi connectivity index (χ0) is 17.8. The van der Waals surface area contributed by atoms with Crippen LogP contribution in [0.5, 0.6) is 11.5 Å². The van der Waals surface area contributed by atoms with E-state index in [-0.39, 0.29) is 11.7 Å². The molecule has 0 unspecified atom stereocenters. The fourth-order valence-corrected chi connectivity index (χ4v) is 2.88. The molecular weight excluding hydrogens is 356 g/mol. The summed E-state index contributed by atoms with van der Waals surface area (Å²) in [4.78, 5) is 16.1. The lowest BCUT2D eigenvalue weighted by molar-refractivity contribution is -0.113. The van der Waals surface area contributed by atoms with Crippen LogP contribution < -0.4 is 14.8 Å². The SMILES string of the molecule is O=C(CSc1nnc(-c2cccnc2)o1)Nc1ccc2c(c1)OCCO2. The Balaban J connectivity index is 1.34. The minimum Gasteiger partial charge on any atom is -0.486 e. The van der Waals surface area contributed by atoms with E-state index >= 15 is 0 Å². The topological polar surface area (TPSA) is 99.4 Å². The van der Waals surface area contributed by atoms with Gasteiger partial charge in [-0.2, -0.15) is 0 Å². The van der Waals surface area contributed by atoms with Crippen LogP contribution in [0.25, 0.3) is 11.5 Å². The molecule has 3 aromatic rings.